The summed E-state index contributed by atoms with van der Waals surface area (Å²) < 4.78 is 10.4. The molecule has 1 fully saturated rings. The van der Waals surface area contributed by atoms with Gasteiger partial charge in [-0.1, -0.05) is 12.1 Å². The van der Waals surface area contributed by atoms with Crippen molar-refractivity contribution in [1.82, 2.24) is 10.1 Å². The van der Waals surface area contributed by atoms with Crippen LogP contribution in [0.3, 0.4) is 0 Å². The summed E-state index contributed by atoms with van der Waals surface area (Å²) in [4.78, 5) is 4.33. The van der Waals surface area contributed by atoms with Crippen LogP contribution in [-0.2, 0) is 11.2 Å². The summed E-state index contributed by atoms with van der Waals surface area (Å²) in [7, 11) is 0. The normalized spacial score (nSPS) is 23.2. The third kappa shape index (κ3) is 2.54. The van der Waals surface area contributed by atoms with Gasteiger partial charge in [-0.2, -0.15) is 4.98 Å². The number of aromatic nitrogens is 2. The summed E-state index contributed by atoms with van der Waals surface area (Å²) in [5, 5.41) is 3.95. The van der Waals surface area contributed by atoms with Crippen molar-refractivity contribution >= 4 is 0 Å². The Hall–Kier alpha value is -0.940. The maximum atomic E-state index is 5.53. The highest BCUT2D eigenvalue weighted by molar-refractivity contribution is 4.94. The largest absolute Gasteiger partial charge is 0.381 e. The molecule has 2 heterocycles. The third-order valence-corrected chi connectivity index (χ3v) is 2.75. The number of ether oxygens (including phenoxy) is 1. The van der Waals surface area contributed by atoms with Crippen LogP contribution in [0.4, 0.5) is 0 Å². The minimum absolute atomic E-state index is 0.145. The van der Waals surface area contributed by atoms with Gasteiger partial charge in [-0.25, -0.2) is 0 Å². The van der Waals surface area contributed by atoms with Gasteiger partial charge in [-0.15, -0.1) is 0 Å². The first kappa shape index (κ1) is 10.6. The minimum atomic E-state index is 0.145. The van der Waals surface area contributed by atoms with Crippen molar-refractivity contribution in [2.24, 2.45) is 11.7 Å². The summed E-state index contributed by atoms with van der Waals surface area (Å²) in [6.45, 7) is 4.19. The number of rotatable bonds is 4. The average Bonchev–Trinajstić information content (AvgIpc) is 2.88. The zero-order valence-corrected chi connectivity index (χ0v) is 8.98. The first-order valence-corrected chi connectivity index (χ1v) is 5.40. The first-order chi connectivity index (χ1) is 7.29. The van der Waals surface area contributed by atoms with Crippen molar-refractivity contribution < 1.29 is 9.26 Å². The zero-order valence-electron chi connectivity index (χ0n) is 8.98. The maximum Gasteiger partial charge on any atom is 0.230 e. The van der Waals surface area contributed by atoms with E-state index >= 15 is 0 Å². The Bertz CT molecular complexity index is 307. The van der Waals surface area contributed by atoms with Gasteiger partial charge >= 0.3 is 0 Å². The quantitative estimate of drug-likeness (QED) is 0.794. The Morgan fingerprint density at radius 2 is 2.47 bits per heavy atom. The van der Waals surface area contributed by atoms with Crippen LogP contribution >= 0.6 is 0 Å². The van der Waals surface area contributed by atoms with Crippen LogP contribution in [0.15, 0.2) is 4.52 Å². The van der Waals surface area contributed by atoms with Gasteiger partial charge in [0.15, 0.2) is 5.82 Å². The van der Waals surface area contributed by atoms with E-state index in [2.05, 4.69) is 10.1 Å². The van der Waals surface area contributed by atoms with Crippen molar-refractivity contribution in [2.75, 3.05) is 19.8 Å². The molecule has 1 aliphatic heterocycles. The highest BCUT2D eigenvalue weighted by Gasteiger charge is 2.20. The van der Waals surface area contributed by atoms with E-state index in [4.69, 9.17) is 15.0 Å². The average molecular weight is 211 g/mol. The molecule has 0 spiro atoms. The molecule has 0 aliphatic carbocycles. The number of nitrogens with two attached hydrogens (primary N) is 1. The van der Waals surface area contributed by atoms with Crippen LogP contribution in [0.5, 0.6) is 0 Å². The van der Waals surface area contributed by atoms with Crippen molar-refractivity contribution in [1.29, 1.82) is 0 Å². The van der Waals surface area contributed by atoms with Crippen molar-refractivity contribution in [2.45, 2.75) is 25.7 Å². The lowest BCUT2D eigenvalue weighted by molar-refractivity contribution is 0.185. The van der Waals surface area contributed by atoms with E-state index in [1.165, 1.54) is 0 Å². The molecule has 1 aromatic heterocycles. The molecule has 2 rings (SSSR count). The maximum absolute atomic E-state index is 5.53. The lowest BCUT2D eigenvalue weighted by atomic mass is 10.1. The third-order valence-electron chi connectivity index (χ3n) is 2.75. The molecular formula is C10H17N3O2. The number of nitrogens with zero attached hydrogens (tertiary/aromatic N) is 2. The van der Waals surface area contributed by atoms with Gasteiger partial charge in [0, 0.05) is 32.1 Å². The van der Waals surface area contributed by atoms with Crippen LogP contribution in [0.1, 0.15) is 31.0 Å². The van der Waals surface area contributed by atoms with Crippen molar-refractivity contribution in [3.05, 3.63) is 11.7 Å². The molecule has 1 saturated heterocycles. The van der Waals surface area contributed by atoms with Gasteiger partial charge in [-0.3, -0.25) is 0 Å². The molecule has 84 valence electrons. The lowest BCUT2D eigenvalue weighted by Gasteiger charge is -2.01. The van der Waals surface area contributed by atoms with Gasteiger partial charge < -0.3 is 15.0 Å². The molecule has 0 saturated carbocycles. The monoisotopic (exact) mass is 211 g/mol. The number of hydrogen-bond donors (Lipinski definition) is 1. The van der Waals surface area contributed by atoms with E-state index in [-0.39, 0.29) is 5.92 Å². The Labute approximate surface area is 89.0 Å². The fraction of sp³-hybridized carbons (Fsp3) is 0.800. The summed E-state index contributed by atoms with van der Waals surface area (Å²) >= 11 is 0. The van der Waals surface area contributed by atoms with Crippen LogP contribution < -0.4 is 5.73 Å². The zero-order chi connectivity index (χ0) is 10.7. The molecule has 5 nitrogen and oxygen atoms in total. The summed E-state index contributed by atoms with van der Waals surface area (Å²) in [6, 6.07) is 0. The minimum Gasteiger partial charge on any atom is -0.381 e. The Morgan fingerprint density at radius 1 is 1.60 bits per heavy atom. The van der Waals surface area contributed by atoms with Gasteiger partial charge in [-0.05, 0) is 12.3 Å². The fourth-order valence-corrected chi connectivity index (χ4v) is 1.65. The molecule has 0 amide bonds. The van der Waals surface area contributed by atoms with Crippen LogP contribution in [-0.4, -0.2) is 29.9 Å². The molecule has 1 aromatic rings. The Morgan fingerprint density at radius 3 is 3.13 bits per heavy atom. The van der Waals surface area contributed by atoms with E-state index in [1.54, 1.807) is 0 Å². The molecule has 0 bridgehead atoms. The summed E-state index contributed by atoms with van der Waals surface area (Å²) in [6.07, 6.45) is 1.94. The standard InChI is InChI=1S/C10H17N3O2/c1-7(5-11)10-12-9(13-15-10)4-8-2-3-14-6-8/h7-8H,2-6,11H2,1H3. The summed E-state index contributed by atoms with van der Waals surface area (Å²) in [5.41, 5.74) is 5.53. The molecule has 5 heteroatoms. The first-order valence-electron chi connectivity index (χ1n) is 5.40. The molecule has 0 aromatic carbocycles. The van der Waals surface area contributed by atoms with E-state index < -0.39 is 0 Å². The highest BCUT2D eigenvalue weighted by Crippen LogP contribution is 2.18. The molecule has 0 radical (unpaired) electrons. The molecular weight excluding hydrogens is 194 g/mol. The van der Waals surface area contributed by atoms with Crippen LogP contribution in [0, 0.1) is 5.92 Å². The second kappa shape index (κ2) is 4.72. The topological polar surface area (TPSA) is 74.2 Å². The molecule has 2 N–H and O–H groups in total. The predicted molar refractivity (Wildman–Crippen MR) is 54.4 cm³/mol. The van der Waals surface area contributed by atoms with Crippen molar-refractivity contribution in [3.8, 4) is 0 Å². The smallest absolute Gasteiger partial charge is 0.230 e. The van der Waals surface area contributed by atoms with E-state index in [0.717, 1.165) is 31.9 Å². The molecule has 2 atom stereocenters. The second-order valence-electron chi connectivity index (χ2n) is 4.12. The molecule has 1 aliphatic rings. The lowest BCUT2D eigenvalue weighted by Crippen LogP contribution is -2.09. The number of hydrogen-bond acceptors (Lipinski definition) is 5. The molecule has 2 unspecified atom stereocenters. The fourth-order valence-electron chi connectivity index (χ4n) is 1.65. The highest BCUT2D eigenvalue weighted by atomic mass is 16.5. The second-order valence-corrected chi connectivity index (χ2v) is 4.12. The van der Waals surface area contributed by atoms with Gasteiger partial charge in [0.1, 0.15) is 0 Å². The Balaban J connectivity index is 1.94. The molecule has 15 heavy (non-hydrogen) atoms. The summed E-state index contributed by atoms with van der Waals surface area (Å²) in [5.74, 6) is 2.11. The van der Waals surface area contributed by atoms with Gasteiger partial charge in [0.25, 0.3) is 0 Å². The van der Waals surface area contributed by atoms with Crippen LogP contribution in [0.2, 0.25) is 0 Å². The van der Waals surface area contributed by atoms with E-state index in [0.29, 0.717) is 18.4 Å². The SMILES string of the molecule is CC(CN)c1nc(CC2CCOC2)no1. The van der Waals surface area contributed by atoms with E-state index in [9.17, 15) is 0 Å². The van der Waals surface area contributed by atoms with E-state index in [1.807, 2.05) is 6.92 Å². The van der Waals surface area contributed by atoms with Gasteiger partial charge in [0.2, 0.25) is 5.89 Å². The predicted octanol–water partition coefficient (Wildman–Crippen LogP) is 0.711. The van der Waals surface area contributed by atoms with Crippen LogP contribution in [0.25, 0.3) is 0 Å². The van der Waals surface area contributed by atoms with Gasteiger partial charge in [0.05, 0.1) is 0 Å². The van der Waals surface area contributed by atoms with Crippen molar-refractivity contribution in [3.63, 3.8) is 0 Å². The Kier molecular flexibility index (Phi) is 3.33.